The van der Waals surface area contributed by atoms with Gasteiger partial charge in [-0.05, 0) is 51.1 Å². The van der Waals surface area contributed by atoms with Crippen LogP contribution in [0.15, 0.2) is 18.2 Å². The minimum absolute atomic E-state index is 0.0601. The third-order valence-corrected chi connectivity index (χ3v) is 4.43. The molecule has 1 saturated heterocycles. The van der Waals surface area contributed by atoms with E-state index in [2.05, 4.69) is 0 Å². The topological polar surface area (TPSA) is 29.5 Å². The van der Waals surface area contributed by atoms with Crippen LogP contribution in [0.3, 0.4) is 0 Å². The van der Waals surface area contributed by atoms with Crippen LogP contribution in [0.1, 0.15) is 43.7 Å². The van der Waals surface area contributed by atoms with Crippen molar-refractivity contribution in [2.45, 2.75) is 51.0 Å². The Morgan fingerprint density at radius 2 is 1.52 bits per heavy atom. The van der Waals surface area contributed by atoms with Crippen molar-refractivity contribution in [2.24, 2.45) is 0 Å². The zero-order valence-corrected chi connectivity index (χ0v) is 14.8. The number of carbonyl (C=O) groups is 1. The molecule has 1 atom stereocenters. The van der Waals surface area contributed by atoms with Gasteiger partial charge in [0, 0.05) is 6.42 Å². The highest BCUT2D eigenvalue weighted by Gasteiger charge is 2.37. The molecule has 3 nitrogen and oxygen atoms in total. The fourth-order valence-corrected chi connectivity index (χ4v) is 3.11. The number of rotatable bonds is 6. The number of halogens is 6. The molecule has 1 heterocycles. The molecule has 0 saturated carbocycles. The molecule has 0 aromatic heterocycles. The van der Waals surface area contributed by atoms with E-state index in [0.717, 1.165) is 32.4 Å². The first-order valence-corrected chi connectivity index (χ1v) is 8.62. The maximum absolute atomic E-state index is 12.9. The first-order valence-electron chi connectivity index (χ1n) is 8.62. The molecule has 27 heavy (non-hydrogen) atoms. The fraction of sp³-hybridized carbons (Fsp3) is 0.611. The summed E-state index contributed by atoms with van der Waals surface area (Å²) >= 11 is 0. The molecule has 2 rings (SSSR count). The summed E-state index contributed by atoms with van der Waals surface area (Å²) < 4.78 is 82.8. The normalized spacial score (nSPS) is 17.6. The SMILES string of the molecule is CC(=O)CC(COc1cc(C(F)(F)F)cc(C(F)(F)F)c1)N1CCCCC1. The average Bonchev–Trinajstić information content (AvgIpc) is 2.57. The highest BCUT2D eigenvalue weighted by atomic mass is 19.4. The summed E-state index contributed by atoms with van der Waals surface area (Å²) in [6.45, 7) is 2.68. The second kappa shape index (κ2) is 8.50. The molecular formula is C18H21F6NO2. The molecule has 1 unspecified atom stereocenters. The Labute approximate surface area is 153 Å². The van der Waals surface area contributed by atoms with Gasteiger partial charge >= 0.3 is 12.4 Å². The second-order valence-electron chi connectivity index (χ2n) is 6.71. The Balaban J connectivity index is 2.21. The zero-order valence-electron chi connectivity index (χ0n) is 14.8. The van der Waals surface area contributed by atoms with Crippen molar-refractivity contribution in [1.29, 1.82) is 0 Å². The maximum Gasteiger partial charge on any atom is 0.416 e. The lowest BCUT2D eigenvalue weighted by atomic mass is 10.0. The van der Waals surface area contributed by atoms with Crippen molar-refractivity contribution in [3.05, 3.63) is 29.3 Å². The van der Waals surface area contributed by atoms with Gasteiger partial charge in [0.05, 0.1) is 17.2 Å². The summed E-state index contributed by atoms with van der Waals surface area (Å²) in [6, 6.07) is 0.781. The predicted octanol–water partition coefficient (Wildman–Crippen LogP) is 4.94. The van der Waals surface area contributed by atoms with Crippen LogP contribution in [0.4, 0.5) is 26.3 Å². The molecule has 1 aromatic carbocycles. The molecule has 1 aromatic rings. The van der Waals surface area contributed by atoms with Gasteiger partial charge in [0.2, 0.25) is 0 Å². The first kappa shape index (κ1) is 21.5. The summed E-state index contributed by atoms with van der Waals surface area (Å²) in [4.78, 5) is 13.5. The molecule has 0 aliphatic carbocycles. The number of benzene rings is 1. The van der Waals surface area contributed by atoms with E-state index in [4.69, 9.17) is 4.74 Å². The van der Waals surface area contributed by atoms with E-state index in [1.165, 1.54) is 6.92 Å². The molecule has 152 valence electrons. The lowest BCUT2D eigenvalue weighted by Crippen LogP contribution is -2.43. The number of carbonyl (C=O) groups excluding carboxylic acids is 1. The summed E-state index contributed by atoms with van der Waals surface area (Å²) in [6.07, 6.45) is -6.82. The van der Waals surface area contributed by atoms with Crippen molar-refractivity contribution in [1.82, 2.24) is 4.90 Å². The van der Waals surface area contributed by atoms with E-state index in [1.54, 1.807) is 0 Å². The molecule has 9 heteroatoms. The van der Waals surface area contributed by atoms with Crippen LogP contribution in [0.2, 0.25) is 0 Å². The monoisotopic (exact) mass is 397 g/mol. The largest absolute Gasteiger partial charge is 0.492 e. The van der Waals surface area contributed by atoms with Gasteiger partial charge in [-0.1, -0.05) is 6.42 Å². The van der Waals surface area contributed by atoms with Crippen molar-refractivity contribution < 1.29 is 35.9 Å². The number of hydrogen-bond acceptors (Lipinski definition) is 3. The third-order valence-electron chi connectivity index (χ3n) is 4.43. The summed E-state index contributed by atoms with van der Waals surface area (Å²) in [7, 11) is 0. The Kier molecular flexibility index (Phi) is 6.77. The average molecular weight is 397 g/mol. The third kappa shape index (κ3) is 6.41. The smallest absolute Gasteiger partial charge is 0.416 e. The highest BCUT2D eigenvalue weighted by Crippen LogP contribution is 2.38. The minimum atomic E-state index is -4.93. The molecule has 0 radical (unpaired) electrons. The number of ether oxygens (including phenoxy) is 1. The zero-order chi connectivity index (χ0) is 20.2. The Morgan fingerprint density at radius 3 is 1.96 bits per heavy atom. The van der Waals surface area contributed by atoms with Gasteiger partial charge in [-0.25, -0.2) is 0 Å². The first-order chi connectivity index (χ1) is 12.5. The molecule has 1 aliphatic heterocycles. The molecule has 1 fully saturated rings. The number of nitrogens with zero attached hydrogens (tertiary/aromatic N) is 1. The van der Waals surface area contributed by atoms with Crippen LogP contribution in [-0.2, 0) is 17.1 Å². The summed E-state index contributed by atoms with van der Waals surface area (Å²) in [5, 5.41) is 0. The summed E-state index contributed by atoms with van der Waals surface area (Å²) in [5.41, 5.74) is -2.85. The quantitative estimate of drug-likeness (QED) is 0.637. The van der Waals surface area contributed by atoms with Crippen molar-refractivity contribution >= 4 is 5.78 Å². The Hall–Kier alpha value is -1.77. The lowest BCUT2D eigenvalue weighted by Gasteiger charge is -2.34. The number of hydrogen-bond donors (Lipinski definition) is 0. The van der Waals surface area contributed by atoms with Gasteiger partial charge in [0.15, 0.2) is 0 Å². The number of likely N-dealkylation sites (tertiary alicyclic amines) is 1. The fourth-order valence-electron chi connectivity index (χ4n) is 3.11. The number of Topliss-reactive ketones (excluding diaryl/α,β-unsaturated/α-hetero) is 1. The Bertz CT molecular complexity index is 618. The van der Waals surface area contributed by atoms with E-state index >= 15 is 0 Å². The van der Waals surface area contributed by atoms with Gasteiger partial charge in [-0.15, -0.1) is 0 Å². The number of alkyl halides is 6. The Morgan fingerprint density at radius 1 is 1.00 bits per heavy atom. The van der Waals surface area contributed by atoms with E-state index in [1.807, 2.05) is 4.90 Å². The van der Waals surface area contributed by atoms with Gasteiger partial charge in [0.25, 0.3) is 0 Å². The van der Waals surface area contributed by atoms with Crippen molar-refractivity contribution in [2.75, 3.05) is 19.7 Å². The van der Waals surface area contributed by atoms with Gasteiger partial charge in [-0.2, -0.15) is 26.3 Å². The van der Waals surface area contributed by atoms with E-state index in [9.17, 15) is 31.1 Å². The highest BCUT2D eigenvalue weighted by molar-refractivity contribution is 5.76. The van der Waals surface area contributed by atoms with E-state index in [-0.39, 0.29) is 30.9 Å². The van der Waals surface area contributed by atoms with Crippen LogP contribution in [0.25, 0.3) is 0 Å². The van der Waals surface area contributed by atoms with Crippen LogP contribution in [-0.4, -0.2) is 36.4 Å². The maximum atomic E-state index is 12.9. The van der Waals surface area contributed by atoms with Crippen LogP contribution >= 0.6 is 0 Å². The molecule has 0 amide bonds. The van der Waals surface area contributed by atoms with Crippen molar-refractivity contribution in [3.63, 3.8) is 0 Å². The number of ketones is 1. The minimum Gasteiger partial charge on any atom is -0.492 e. The van der Waals surface area contributed by atoms with Crippen molar-refractivity contribution in [3.8, 4) is 5.75 Å². The van der Waals surface area contributed by atoms with Gasteiger partial charge in [0.1, 0.15) is 18.1 Å². The molecular weight excluding hydrogens is 376 g/mol. The predicted molar refractivity (Wildman–Crippen MR) is 86.5 cm³/mol. The van der Waals surface area contributed by atoms with Crippen LogP contribution in [0.5, 0.6) is 5.75 Å². The van der Waals surface area contributed by atoms with Gasteiger partial charge in [-0.3, -0.25) is 9.69 Å². The number of piperidine rings is 1. The molecule has 1 aliphatic rings. The van der Waals surface area contributed by atoms with Crippen LogP contribution in [0, 0.1) is 0 Å². The van der Waals surface area contributed by atoms with Gasteiger partial charge < -0.3 is 4.74 Å². The standard InChI is InChI=1S/C18H21F6NO2/c1-12(26)7-15(25-5-3-2-4-6-25)11-27-16-9-13(17(19,20)21)8-14(10-16)18(22,23)24/h8-10,15H,2-7,11H2,1H3. The van der Waals surface area contributed by atoms with E-state index < -0.39 is 29.2 Å². The molecule has 0 bridgehead atoms. The van der Waals surface area contributed by atoms with Crippen LogP contribution < -0.4 is 4.74 Å². The summed E-state index contributed by atoms with van der Waals surface area (Å²) in [5.74, 6) is -0.628. The molecule has 0 N–H and O–H groups in total. The molecule has 0 spiro atoms. The lowest BCUT2D eigenvalue weighted by molar-refractivity contribution is -0.143. The second-order valence-corrected chi connectivity index (χ2v) is 6.71. The van der Waals surface area contributed by atoms with E-state index in [0.29, 0.717) is 12.1 Å².